The molecule has 0 aliphatic rings. The van der Waals surface area contributed by atoms with Crippen LogP contribution >= 0.6 is 0 Å². The Kier molecular flexibility index (Phi) is 1.43. The van der Waals surface area contributed by atoms with E-state index in [1.54, 1.807) is 6.92 Å². The Bertz CT molecular complexity index is 664. The molecule has 0 aliphatic heterocycles. The molecule has 0 amide bonds. The zero-order chi connectivity index (χ0) is 13.6. The molecule has 0 fully saturated rings. The molecule has 0 atom stereocenters. The van der Waals surface area contributed by atoms with Crippen LogP contribution in [0.2, 0.25) is 0 Å². The Labute approximate surface area is 90.4 Å². The van der Waals surface area contributed by atoms with Crippen molar-refractivity contribution in [1.82, 2.24) is 4.98 Å². The number of phenols is 1. The molecular weight excluding hydrogens is 194 g/mol. The van der Waals surface area contributed by atoms with Gasteiger partial charge in [0.1, 0.15) is 5.75 Å². The SMILES string of the molecule is [2H]c1c(O)c([2H])c2c(CC(=O)O)c(C)[nH]c2c1[2H]. The number of carboxylic acids is 1. The van der Waals surface area contributed by atoms with E-state index in [4.69, 9.17) is 9.22 Å². The summed E-state index contributed by atoms with van der Waals surface area (Å²) >= 11 is 0. The molecule has 1 aromatic heterocycles. The summed E-state index contributed by atoms with van der Waals surface area (Å²) in [4.78, 5) is 13.6. The summed E-state index contributed by atoms with van der Waals surface area (Å²) in [6, 6.07) is -0.986. The van der Waals surface area contributed by atoms with Crippen LogP contribution in [0.15, 0.2) is 18.1 Å². The van der Waals surface area contributed by atoms with E-state index in [0.717, 1.165) is 0 Å². The van der Waals surface area contributed by atoms with Gasteiger partial charge in [-0.15, -0.1) is 0 Å². The molecule has 0 saturated heterocycles. The normalized spacial score (nSPS) is 13.5. The predicted octanol–water partition coefficient (Wildman–Crippen LogP) is 1.81. The summed E-state index contributed by atoms with van der Waals surface area (Å²) in [5, 5.41) is 18.6. The second-order valence-electron chi connectivity index (χ2n) is 3.27. The van der Waals surface area contributed by atoms with Crippen LogP contribution in [0.1, 0.15) is 15.4 Å². The second kappa shape index (κ2) is 3.31. The third-order valence-electron chi connectivity index (χ3n) is 2.19. The van der Waals surface area contributed by atoms with Crippen LogP contribution < -0.4 is 0 Å². The number of H-pyrrole nitrogens is 1. The maximum atomic E-state index is 10.8. The second-order valence-corrected chi connectivity index (χ2v) is 3.27. The van der Waals surface area contributed by atoms with Crippen LogP contribution in [0.5, 0.6) is 5.75 Å². The van der Waals surface area contributed by atoms with Gasteiger partial charge in [-0.05, 0) is 30.6 Å². The van der Waals surface area contributed by atoms with Gasteiger partial charge in [0, 0.05) is 16.6 Å². The number of aromatic hydroxyl groups is 1. The molecule has 2 rings (SSSR count). The van der Waals surface area contributed by atoms with Crippen LogP contribution in [-0.2, 0) is 11.2 Å². The highest BCUT2D eigenvalue weighted by Gasteiger charge is 2.11. The molecule has 0 bridgehead atoms. The van der Waals surface area contributed by atoms with Gasteiger partial charge in [0.05, 0.1) is 10.5 Å². The van der Waals surface area contributed by atoms with Crippen molar-refractivity contribution in [3.63, 3.8) is 0 Å². The average Bonchev–Trinajstić information content (AvgIpc) is 2.61. The molecule has 0 saturated carbocycles. The Morgan fingerprint density at radius 1 is 1.60 bits per heavy atom. The number of aromatic nitrogens is 1. The summed E-state index contributed by atoms with van der Waals surface area (Å²) in [5.41, 5.74) is 1.11. The number of carboxylic acid groups (broad SMARTS) is 1. The van der Waals surface area contributed by atoms with Gasteiger partial charge in [0.15, 0.2) is 0 Å². The van der Waals surface area contributed by atoms with E-state index in [9.17, 15) is 9.90 Å². The van der Waals surface area contributed by atoms with E-state index in [-0.39, 0.29) is 29.4 Å². The number of benzene rings is 1. The highest BCUT2D eigenvalue weighted by molar-refractivity contribution is 5.89. The van der Waals surface area contributed by atoms with E-state index < -0.39 is 17.8 Å². The van der Waals surface area contributed by atoms with E-state index >= 15 is 0 Å². The fourth-order valence-corrected chi connectivity index (χ4v) is 1.54. The lowest BCUT2D eigenvalue weighted by Crippen LogP contribution is -2.00. The molecule has 4 heteroatoms. The topological polar surface area (TPSA) is 73.3 Å². The minimum atomic E-state index is -1.06. The fraction of sp³-hybridized carbons (Fsp3) is 0.182. The van der Waals surface area contributed by atoms with Crippen LogP contribution in [-0.4, -0.2) is 21.2 Å². The third kappa shape index (κ3) is 1.66. The van der Waals surface area contributed by atoms with Gasteiger partial charge in [-0.3, -0.25) is 4.79 Å². The molecule has 1 aromatic carbocycles. The summed E-state index contributed by atoms with van der Waals surface area (Å²) in [5.74, 6) is -1.66. The number of aliphatic carboxylic acids is 1. The van der Waals surface area contributed by atoms with Crippen molar-refractivity contribution in [2.45, 2.75) is 13.3 Å². The molecule has 4 nitrogen and oxygen atoms in total. The Morgan fingerprint density at radius 3 is 3.00 bits per heavy atom. The number of phenolic OH excluding ortho intramolecular Hbond substituents is 1. The first kappa shape index (κ1) is 6.50. The number of fused-ring (bicyclic) bond motifs is 1. The lowest BCUT2D eigenvalue weighted by molar-refractivity contribution is -0.136. The fourth-order valence-electron chi connectivity index (χ4n) is 1.54. The third-order valence-corrected chi connectivity index (χ3v) is 2.19. The number of hydrogen-bond acceptors (Lipinski definition) is 2. The first-order valence-electron chi connectivity index (χ1n) is 5.86. The standard InChI is InChI=1S/C11H11NO3/c1-6-8(5-11(14)15)9-4-7(13)2-3-10(9)12-6/h2-4,12-13H,5H2,1H3,(H,14,15)/i2D,3D,4D. The van der Waals surface area contributed by atoms with Crippen LogP contribution in [0, 0.1) is 6.92 Å². The van der Waals surface area contributed by atoms with E-state index in [2.05, 4.69) is 4.98 Å². The lowest BCUT2D eigenvalue weighted by atomic mass is 10.1. The van der Waals surface area contributed by atoms with Crippen LogP contribution in [0.3, 0.4) is 0 Å². The number of rotatable bonds is 2. The predicted molar refractivity (Wildman–Crippen MR) is 56.0 cm³/mol. The number of carbonyl (C=O) groups is 1. The highest BCUT2D eigenvalue weighted by atomic mass is 16.4. The van der Waals surface area contributed by atoms with Crippen molar-refractivity contribution < 1.29 is 19.1 Å². The van der Waals surface area contributed by atoms with Crippen LogP contribution in [0.4, 0.5) is 0 Å². The number of hydrogen-bond donors (Lipinski definition) is 3. The van der Waals surface area contributed by atoms with Gasteiger partial charge in [-0.25, -0.2) is 0 Å². The highest BCUT2D eigenvalue weighted by Crippen LogP contribution is 2.26. The smallest absolute Gasteiger partial charge is 0.307 e. The van der Waals surface area contributed by atoms with Gasteiger partial charge in [-0.1, -0.05) is 0 Å². The van der Waals surface area contributed by atoms with Gasteiger partial charge < -0.3 is 15.2 Å². The van der Waals surface area contributed by atoms with Crippen molar-refractivity contribution in [2.24, 2.45) is 0 Å². The molecule has 0 radical (unpaired) electrons. The van der Waals surface area contributed by atoms with Crippen molar-refractivity contribution in [3.8, 4) is 5.75 Å². The first-order chi connectivity index (χ1) is 8.34. The molecule has 2 aromatic rings. The molecule has 0 aliphatic carbocycles. The average molecular weight is 208 g/mol. The molecule has 3 N–H and O–H groups in total. The molecule has 15 heavy (non-hydrogen) atoms. The molecule has 0 spiro atoms. The van der Waals surface area contributed by atoms with E-state index in [1.165, 1.54) is 0 Å². The van der Waals surface area contributed by atoms with Gasteiger partial charge >= 0.3 is 5.97 Å². The van der Waals surface area contributed by atoms with Gasteiger partial charge in [0.2, 0.25) is 0 Å². The Morgan fingerprint density at radius 2 is 2.33 bits per heavy atom. The molecular formula is C11H11NO3. The summed E-state index contributed by atoms with van der Waals surface area (Å²) in [7, 11) is 0. The zero-order valence-electron chi connectivity index (χ0n) is 11.0. The summed E-state index contributed by atoms with van der Waals surface area (Å²) < 4.78 is 23.0. The quantitative estimate of drug-likeness (QED) is 0.704. The largest absolute Gasteiger partial charge is 0.508 e. The molecule has 0 unspecified atom stereocenters. The Balaban J connectivity index is 2.89. The summed E-state index contributed by atoms with van der Waals surface area (Å²) in [6.45, 7) is 1.64. The maximum absolute atomic E-state index is 10.8. The summed E-state index contributed by atoms with van der Waals surface area (Å²) in [6.07, 6.45) is -0.298. The molecule has 78 valence electrons. The monoisotopic (exact) mass is 208 g/mol. The minimum absolute atomic E-state index is 0.202. The van der Waals surface area contributed by atoms with Crippen molar-refractivity contribution in [3.05, 3.63) is 29.4 Å². The number of aryl methyl sites for hydroxylation is 1. The van der Waals surface area contributed by atoms with Crippen LogP contribution in [0.25, 0.3) is 10.9 Å². The first-order valence-corrected chi connectivity index (χ1v) is 4.36. The number of aromatic amines is 1. The van der Waals surface area contributed by atoms with Gasteiger partial charge in [0.25, 0.3) is 0 Å². The van der Waals surface area contributed by atoms with E-state index in [1.807, 2.05) is 0 Å². The van der Waals surface area contributed by atoms with Gasteiger partial charge in [-0.2, -0.15) is 0 Å². The number of nitrogens with one attached hydrogen (secondary N) is 1. The van der Waals surface area contributed by atoms with E-state index in [0.29, 0.717) is 11.3 Å². The van der Waals surface area contributed by atoms with Crippen molar-refractivity contribution in [2.75, 3.05) is 0 Å². The maximum Gasteiger partial charge on any atom is 0.307 e. The minimum Gasteiger partial charge on any atom is -0.508 e. The zero-order valence-corrected chi connectivity index (χ0v) is 8.01. The lowest BCUT2D eigenvalue weighted by Gasteiger charge is -1.97. The van der Waals surface area contributed by atoms with Crippen molar-refractivity contribution >= 4 is 16.9 Å². The van der Waals surface area contributed by atoms with Crippen molar-refractivity contribution in [1.29, 1.82) is 0 Å². The Hall–Kier alpha value is -1.97. The molecule has 1 heterocycles.